The maximum atomic E-state index is 13.1. The number of ether oxygens (including phenoxy) is 2. The molecule has 6 nitrogen and oxygen atoms in total. The van der Waals surface area contributed by atoms with Crippen molar-refractivity contribution in [3.8, 4) is 0 Å². The van der Waals surface area contributed by atoms with Crippen LogP contribution in [0.4, 0.5) is 4.79 Å². The largest absolute Gasteiger partial charge is 0.467 e. The van der Waals surface area contributed by atoms with Gasteiger partial charge in [-0.15, -0.1) is 0 Å². The second kappa shape index (κ2) is 11.8. The lowest BCUT2D eigenvalue weighted by Gasteiger charge is -2.27. The molecule has 0 spiro atoms. The SMILES string of the molecule is COC(=O)[C@H](N=C(c1ccccc1)c1ccccc1)[C@@H](NC(=O)OC(C)(C)C)c1ccc(Br)cc1. The molecular weight excluding hydrogens is 508 g/mol. The number of hydrogen-bond donors (Lipinski definition) is 1. The summed E-state index contributed by atoms with van der Waals surface area (Å²) < 4.78 is 11.5. The van der Waals surface area contributed by atoms with Gasteiger partial charge in [-0.2, -0.15) is 0 Å². The van der Waals surface area contributed by atoms with E-state index in [0.717, 1.165) is 15.6 Å². The first-order valence-electron chi connectivity index (χ1n) is 11.2. The van der Waals surface area contributed by atoms with Crippen molar-refractivity contribution in [1.29, 1.82) is 0 Å². The Morgan fingerprint density at radius 2 is 1.37 bits per heavy atom. The number of nitrogens with one attached hydrogen (secondary N) is 1. The minimum atomic E-state index is -1.08. The van der Waals surface area contributed by atoms with E-state index in [4.69, 9.17) is 14.5 Å². The van der Waals surface area contributed by atoms with E-state index in [-0.39, 0.29) is 0 Å². The van der Waals surface area contributed by atoms with Crippen LogP contribution in [0.2, 0.25) is 0 Å². The minimum Gasteiger partial charge on any atom is -0.467 e. The number of carbonyl (C=O) groups excluding carboxylic acids is 2. The third kappa shape index (κ3) is 7.52. The molecule has 0 bridgehead atoms. The summed E-state index contributed by atoms with van der Waals surface area (Å²) >= 11 is 3.44. The molecule has 0 saturated heterocycles. The lowest BCUT2D eigenvalue weighted by atomic mass is 9.97. The molecule has 2 atom stereocenters. The van der Waals surface area contributed by atoms with Gasteiger partial charge in [0.2, 0.25) is 0 Å². The molecule has 1 amide bonds. The van der Waals surface area contributed by atoms with Gasteiger partial charge in [-0.25, -0.2) is 9.59 Å². The van der Waals surface area contributed by atoms with Gasteiger partial charge in [-0.05, 0) is 38.5 Å². The van der Waals surface area contributed by atoms with Gasteiger partial charge < -0.3 is 14.8 Å². The third-order valence-corrected chi connectivity index (χ3v) is 5.55. The molecule has 0 fully saturated rings. The van der Waals surface area contributed by atoms with Crippen LogP contribution in [0.1, 0.15) is 43.5 Å². The molecule has 3 aromatic carbocycles. The van der Waals surface area contributed by atoms with Crippen molar-refractivity contribution in [2.45, 2.75) is 38.5 Å². The van der Waals surface area contributed by atoms with Crippen LogP contribution in [-0.2, 0) is 14.3 Å². The highest BCUT2D eigenvalue weighted by Crippen LogP contribution is 2.25. The van der Waals surface area contributed by atoms with E-state index in [1.807, 2.05) is 84.9 Å². The van der Waals surface area contributed by atoms with E-state index in [1.165, 1.54) is 7.11 Å². The van der Waals surface area contributed by atoms with Crippen molar-refractivity contribution in [3.63, 3.8) is 0 Å². The van der Waals surface area contributed by atoms with Crippen LogP contribution < -0.4 is 5.32 Å². The van der Waals surface area contributed by atoms with Crippen molar-refractivity contribution in [2.75, 3.05) is 7.11 Å². The summed E-state index contributed by atoms with van der Waals surface area (Å²) in [4.78, 5) is 30.8. The Labute approximate surface area is 214 Å². The molecule has 0 unspecified atom stereocenters. The number of nitrogens with zero attached hydrogens (tertiary/aromatic N) is 1. The van der Waals surface area contributed by atoms with E-state index in [9.17, 15) is 9.59 Å². The standard InChI is InChI=1S/C28H29BrN2O4/c1-28(2,3)35-27(33)31-24(21-15-17-22(29)18-16-21)25(26(32)34-4)30-23(19-11-7-5-8-12-19)20-13-9-6-10-14-20/h5-18,24-25H,1-4H3,(H,31,33)/t24-,25+/m0/s1. The number of hydrogen-bond acceptors (Lipinski definition) is 5. The number of carbonyl (C=O) groups is 2. The molecule has 0 radical (unpaired) electrons. The molecule has 3 aromatic rings. The van der Waals surface area contributed by atoms with Crippen LogP contribution in [0.5, 0.6) is 0 Å². The van der Waals surface area contributed by atoms with Gasteiger partial charge in [0, 0.05) is 15.6 Å². The first kappa shape index (κ1) is 26.2. The fraction of sp³-hybridized carbons (Fsp3) is 0.250. The lowest BCUT2D eigenvalue weighted by molar-refractivity contribution is -0.142. The van der Waals surface area contributed by atoms with Crippen molar-refractivity contribution in [3.05, 3.63) is 106 Å². The second-order valence-corrected chi connectivity index (χ2v) is 9.77. The molecule has 0 saturated carbocycles. The molecule has 0 aliphatic rings. The Kier molecular flexibility index (Phi) is 8.82. The lowest BCUT2D eigenvalue weighted by Crippen LogP contribution is -2.42. The highest BCUT2D eigenvalue weighted by molar-refractivity contribution is 9.10. The molecule has 3 rings (SSSR count). The summed E-state index contributed by atoms with van der Waals surface area (Å²) in [5.41, 5.74) is 2.24. The van der Waals surface area contributed by atoms with Gasteiger partial charge in [0.25, 0.3) is 0 Å². The average molecular weight is 537 g/mol. The number of rotatable bonds is 7. The van der Waals surface area contributed by atoms with E-state index < -0.39 is 29.7 Å². The van der Waals surface area contributed by atoms with E-state index in [0.29, 0.717) is 11.3 Å². The van der Waals surface area contributed by atoms with Crippen molar-refractivity contribution in [1.82, 2.24) is 5.32 Å². The number of esters is 1. The number of methoxy groups -OCH3 is 1. The quantitative estimate of drug-likeness (QED) is 0.292. The number of amides is 1. The smallest absolute Gasteiger partial charge is 0.408 e. The maximum Gasteiger partial charge on any atom is 0.408 e. The van der Waals surface area contributed by atoms with E-state index in [2.05, 4.69) is 21.2 Å². The number of benzene rings is 3. The summed E-state index contributed by atoms with van der Waals surface area (Å²) in [7, 11) is 1.31. The Hall–Kier alpha value is -3.45. The van der Waals surface area contributed by atoms with Crippen LogP contribution in [0, 0.1) is 0 Å². The zero-order valence-electron chi connectivity index (χ0n) is 20.2. The fourth-order valence-corrected chi connectivity index (χ4v) is 3.74. The molecule has 182 valence electrons. The summed E-state index contributed by atoms with van der Waals surface area (Å²) in [6.07, 6.45) is -0.657. The molecule has 0 aliphatic carbocycles. The predicted molar refractivity (Wildman–Crippen MR) is 141 cm³/mol. The predicted octanol–water partition coefficient (Wildman–Crippen LogP) is 6.09. The molecule has 0 aliphatic heterocycles. The first-order chi connectivity index (χ1) is 16.7. The molecule has 1 N–H and O–H groups in total. The van der Waals surface area contributed by atoms with Gasteiger partial charge in [-0.1, -0.05) is 88.7 Å². The number of alkyl carbamates (subject to hydrolysis) is 1. The summed E-state index contributed by atoms with van der Waals surface area (Å²) in [6.45, 7) is 5.33. The van der Waals surface area contributed by atoms with Crippen LogP contribution in [0.3, 0.4) is 0 Å². The summed E-state index contributed by atoms with van der Waals surface area (Å²) in [5.74, 6) is -0.585. The van der Waals surface area contributed by atoms with Gasteiger partial charge in [0.15, 0.2) is 6.04 Å². The van der Waals surface area contributed by atoms with Crippen LogP contribution >= 0.6 is 15.9 Å². The first-order valence-corrected chi connectivity index (χ1v) is 12.0. The van der Waals surface area contributed by atoms with E-state index in [1.54, 1.807) is 20.8 Å². The Morgan fingerprint density at radius 3 is 1.83 bits per heavy atom. The summed E-state index contributed by atoms with van der Waals surface area (Å²) in [5, 5.41) is 2.85. The van der Waals surface area contributed by atoms with Crippen LogP contribution in [0.25, 0.3) is 0 Å². The second-order valence-electron chi connectivity index (χ2n) is 8.85. The molecular formula is C28H29BrN2O4. The maximum absolute atomic E-state index is 13.1. The number of halogens is 1. The van der Waals surface area contributed by atoms with Crippen molar-refractivity contribution in [2.24, 2.45) is 4.99 Å². The number of aliphatic imine (C=N–C) groups is 1. The fourth-order valence-electron chi connectivity index (χ4n) is 3.48. The van der Waals surface area contributed by atoms with Gasteiger partial charge in [0.1, 0.15) is 5.60 Å². The average Bonchev–Trinajstić information content (AvgIpc) is 2.84. The highest BCUT2D eigenvalue weighted by atomic mass is 79.9. The summed E-state index contributed by atoms with van der Waals surface area (Å²) in [6, 6.07) is 24.6. The molecule has 0 heterocycles. The zero-order valence-corrected chi connectivity index (χ0v) is 21.8. The van der Waals surface area contributed by atoms with Crippen molar-refractivity contribution >= 4 is 33.7 Å². The Bertz CT molecular complexity index is 1120. The van der Waals surface area contributed by atoms with Gasteiger partial charge in [0.05, 0.1) is 18.9 Å². The van der Waals surface area contributed by atoms with Gasteiger partial charge in [-0.3, -0.25) is 4.99 Å². The monoisotopic (exact) mass is 536 g/mol. The third-order valence-electron chi connectivity index (χ3n) is 5.02. The molecule has 35 heavy (non-hydrogen) atoms. The Balaban J connectivity index is 2.15. The Morgan fingerprint density at radius 1 is 0.857 bits per heavy atom. The van der Waals surface area contributed by atoms with Gasteiger partial charge >= 0.3 is 12.1 Å². The highest BCUT2D eigenvalue weighted by Gasteiger charge is 2.34. The topological polar surface area (TPSA) is 77.0 Å². The van der Waals surface area contributed by atoms with Crippen LogP contribution in [-0.4, -0.2) is 36.5 Å². The van der Waals surface area contributed by atoms with Crippen LogP contribution in [0.15, 0.2) is 94.4 Å². The normalized spacial score (nSPS) is 12.7. The molecule has 7 heteroatoms. The minimum absolute atomic E-state index is 0.585. The van der Waals surface area contributed by atoms with E-state index >= 15 is 0 Å². The molecule has 0 aromatic heterocycles. The zero-order chi connectivity index (χ0) is 25.4. The van der Waals surface area contributed by atoms with Crippen molar-refractivity contribution < 1.29 is 19.1 Å².